The van der Waals surface area contributed by atoms with Gasteiger partial charge in [0.2, 0.25) is 10.0 Å². The number of carboxylic acid groups (broad SMARTS) is 1. The van der Waals surface area contributed by atoms with Crippen molar-refractivity contribution >= 4 is 27.6 Å². The van der Waals surface area contributed by atoms with Gasteiger partial charge in [0.05, 0.1) is 15.5 Å². The monoisotopic (exact) mass is 336 g/mol. The number of carbonyl (C=O) groups is 1. The molecule has 6 nitrogen and oxygen atoms in total. The molecule has 1 saturated heterocycles. The van der Waals surface area contributed by atoms with Crippen LogP contribution in [0.3, 0.4) is 0 Å². The average molecular weight is 337 g/mol. The fourth-order valence-electron chi connectivity index (χ4n) is 2.10. The first kappa shape index (κ1) is 16.2. The summed E-state index contributed by atoms with van der Waals surface area (Å²) in [7, 11) is -3.99. The third-order valence-corrected chi connectivity index (χ3v) is 5.09. The standard InChI is InChI=1S/C12H14ClFN2O4S/c13-11-9(12(17)18)5-8(6-10(11)14)21(19,20)16-7-1-3-15-4-2-7/h5-7,15-16H,1-4H2,(H,17,18). The number of benzene rings is 1. The van der Waals surface area contributed by atoms with E-state index < -0.39 is 37.3 Å². The van der Waals surface area contributed by atoms with Gasteiger partial charge in [-0.1, -0.05) is 11.6 Å². The molecule has 9 heteroatoms. The topological polar surface area (TPSA) is 95.5 Å². The van der Waals surface area contributed by atoms with Crippen molar-refractivity contribution in [2.75, 3.05) is 13.1 Å². The maximum absolute atomic E-state index is 13.6. The van der Waals surface area contributed by atoms with E-state index >= 15 is 0 Å². The highest BCUT2D eigenvalue weighted by Gasteiger charge is 2.25. The van der Waals surface area contributed by atoms with E-state index in [-0.39, 0.29) is 6.04 Å². The van der Waals surface area contributed by atoms with E-state index in [0.717, 1.165) is 12.1 Å². The summed E-state index contributed by atoms with van der Waals surface area (Å²) < 4.78 is 40.5. The fraction of sp³-hybridized carbons (Fsp3) is 0.417. The van der Waals surface area contributed by atoms with E-state index in [1.54, 1.807) is 0 Å². The highest BCUT2D eigenvalue weighted by molar-refractivity contribution is 7.89. The van der Waals surface area contributed by atoms with Crippen molar-refractivity contribution < 1.29 is 22.7 Å². The number of hydrogen-bond donors (Lipinski definition) is 3. The second-order valence-corrected chi connectivity index (χ2v) is 6.81. The van der Waals surface area contributed by atoms with E-state index in [0.29, 0.717) is 25.9 Å². The molecule has 1 aliphatic rings. The second-order valence-electron chi connectivity index (χ2n) is 4.72. The largest absolute Gasteiger partial charge is 0.478 e. The average Bonchev–Trinajstić information content (AvgIpc) is 2.41. The maximum atomic E-state index is 13.6. The molecule has 0 atom stereocenters. The van der Waals surface area contributed by atoms with Crippen molar-refractivity contribution in [3.8, 4) is 0 Å². The SMILES string of the molecule is O=C(O)c1cc(S(=O)(=O)NC2CCNCC2)cc(F)c1Cl. The van der Waals surface area contributed by atoms with Crippen LogP contribution in [0, 0.1) is 5.82 Å². The van der Waals surface area contributed by atoms with Gasteiger partial charge in [-0.05, 0) is 38.1 Å². The Morgan fingerprint density at radius 2 is 2.00 bits per heavy atom. The molecule has 0 aromatic heterocycles. The van der Waals surface area contributed by atoms with Crippen LogP contribution < -0.4 is 10.0 Å². The van der Waals surface area contributed by atoms with Gasteiger partial charge in [0.15, 0.2) is 0 Å². The van der Waals surface area contributed by atoms with Gasteiger partial charge in [-0.2, -0.15) is 0 Å². The van der Waals surface area contributed by atoms with Crippen LogP contribution in [-0.2, 0) is 10.0 Å². The van der Waals surface area contributed by atoms with Gasteiger partial charge in [0, 0.05) is 6.04 Å². The Balaban J connectivity index is 2.33. The first-order valence-electron chi connectivity index (χ1n) is 6.26. The minimum absolute atomic E-state index is 0.261. The van der Waals surface area contributed by atoms with Crippen LogP contribution in [-0.4, -0.2) is 38.6 Å². The molecule has 1 heterocycles. The molecule has 0 saturated carbocycles. The lowest BCUT2D eigenvalue weighted by Crippen LogP contribution is -2.42. The van der Waals surface area contributed by atoms with Crippen molar-refractivity contribution in [2.45, 2.75) is 23.8 Å². The molecule has 0 unspecified atom stereocenters. The van der Waals surface area contributed by atoms with E-state index in [4.69, 9.17) is 16.7 Å². The lowest BCUT2D eigenvalue weighted by Gasteiger charge is -2.23. The number of hydrogen-bond acceptors (Lipinski definition) is 4. The number of carboxylic acids is 1. The van der Waals surface area contributed by atoms with Gasteiger partial charge in [0.25, 0.3) is 0 Å². The predicted molar refractivity (Wildman–Crippen MR) is 74.6 cm³/mol. The number of sulfonamides is 1. The molecule has 116 valence electrons. The summed E-state index contributed by atoms with van der Waals surface area (Å²) >= 11 is 5.52. The Kier molecular flexibility index (Phi) is 4.82. The van der Waals surface area contributed by atoms with Crippen molar-refractivity contribution in [1.82, 2.24) is 10.0 Å². The summed E-state index contributed by atoms with van der Waals surface area (Å²) in [5, 5.41) is 11.4. The number of piperidine rings is 1. The van der Waals surface area contributed by atoms with Gasteiger partial charge >= 0.3 is 5.97 Å². The second kappa shape index (κ2) is 6.27. The molecular formula is C12H14ClFN2O4S. The van der Waals surface area contributed by atoms with Crippen LogP contribution in [0.1, 0.15) is 23.2 Å². The van der Waals surface area contributed by atoms with Crippen LogP contribution >= 0.6 is 11.6 Å². The maximum Gasteiger partial charge on any atom is 0.337 e. The minimum Gasteiger partial charge on any atom is -0.478 e. The molecule has 1 aromatic rings. The predicted octanol–water partition coefficient (Wildman–Crippen LogP) is 1.21. The van der Waals surface area contributed by atoms with Crippen LogP contribution in [0.25, 0.3) is 0 Å². The van der Waals surface area contributed by atoms with Gasteiger partial charge in [0.1, 0.15) is 5.82 Å². The Morgan fingerprint density at radius 1 is 1.38 bits per heavy atom. The molecule has 21 heavy (non-hydrogen) atoms. The fourth-order valence-corrected chi connectivity index (χ4v) is 3.63. The number of rotatable bonds is 4. The Hall–Kier alpha value is -1.22. The zero-order valence-electron chi connectivity index (χ0n) is 10.9. The number of nitrogens with one attached hydrogen (secondary N) is 2. The zero-order chi connectivity index (χ0) is 15.6. The Morgan fingerprint density at radius 3 is 2.57 bits per heavy atom. The van der Waals surface area contributed by atoms with Crippen molar-refractivity contribution in [3.05, 3.63) is 28.5 Å². The molecule has 1 aliphatic heterocycles. The van der Waals surface area contributed by atoms with Gasteiger partial charge in [-0.15, -0.1) is 0 Å². The molecule has 0 amide bonds. The van der Waals surface area contributed by atoms with Crippen LogP contribution in [0.4, 0.5) is 4.39 Å². The van der Waals surface area contributed by atoms with Gasteiger partial charge in [-0.25, -0.2) is 22.3 Å². The van der Waals surface area contributed by atoms with Crippen molar-refractivity contribution in [2.24, 2.45) is 0 Å². The lowest BCUT2D eigenvalue weighted by atomic mass is 10.1. The summed E-state index contributed by atoms with van der Waals surface area (Å²) in [4.78, 5) is 10.5. The third-order valence-electron chi connectivity index (χ3n) is 3.20. The van der Waals surface area contributed by atoms with Crippen molar-refractivity contribution in [3.63, 3.8) is 0 Å². The first-order valence-corrected chi connectivity index (χ1v) is 8.13. The Bertz CT molecular complexity index is 659. The van der Waals surface area contributed by atoms with E-state index in [1.165, 1.54) is 0 Å². The van der Waals surface area contributed by atoms with E-state index in [2.05, 4.69) is 10.0 Å². The minimum atomic E-state index is -3.99. The highest BCUT2D eigenvalue weighted by Crippen LogP contribution is 2.25. The molecule has 2 rings (SSSR count). The quantitative estimate of drug-likeness (QED) is 0.768. The van der Waals surface area contributed by atoms with Crippen LogP contribution in [0.15, 0.2) is 17.0 Å². The number of halogens is 2. The van der Waals surface area contributed by atoms with Crippen LogP contribution in [0.5, 0.6) is 0 Å². The molecule has 0 radical (unpaired) electrons. The highest BCUT2D eigenvalue weighted by atomic mass is 35.5. The van der Waals surface area contributed by atoms with Gasteiger partial charge in [-0.3, -0.25) is 0 Å². The molecule has 1 fully saturated rings. The summed E-state index contributed by atoms with van der Waals surface area (Å²) in [6.45, 7) is 1.37. The third kappa shape index (κ3) is 3.70. The summed E-state index contributed by atoms with van der Waals surface area (Å²) in [6, 6.07) is 1.32. The normalized spacial score (nSPS) is 16.9. The molecular weight excluding hydrogens is 323 g/mol. The molecule has 0 spiro atoms. The number of aromatic carboxylic acids is 1. The summed E-state index contributed by atoms with van der Waals surface area (Å²) in [6.07, 6.45) is 1.22. The zero-order valence-corrected chi connectivity index (χ0v) is 12.5. The molecule has 0 bridgehead atoms. The van der Waals surface area contributed by atoms with E-state index in [1.807, 2.05) is 0 Å². The van der Waals surface area contributed by atoms with Crippen LogP contribution in [0.2, 0.25) is 5.02 Å². The van der Waals surface area contributed by atoms with E-state index in [9.17, 15) is 17.6 Å². The van der Waals surface area contributed by atoms with Crippen molar-refractivity contribution in [1.29, 1.82) is 0 Å². The van der Waals surface area contributed by atoms with Gasteiger partial charge < -0.3 is 10.4 Å². The molecule has 0 aliphatic carbocycles. The Labute approximate surface area is 126 Å². The molecule has 1 aromatic carbocycles. The smallest absolute Gasteiger partial charge is 0.337 e. The summed E-state index contributed by atoms with van der Waals surface area (Å²) in [5.74, 6) is -2.57. The lowest BCUT2D eigenvalue weighted by molar-refractivity contribution is 0.0696. The first-order chi connectivity index (χ1) is 9.81. The summed E-state index contributed by atoms with van der Waals surface area (Å²) in [5.41, 5.74) is -0.581. The molecule has 3 N–H and O–H groups in total.